The maximum Gasteiger partial charge on any atom is 0.343 e. The summed E-state index contributed by atoms with van der Waals surface area (Å²) in [6.07, 6.45) is 1.47. The minimum absolute atomic E-state index is 0.123. The maximum absolute atomic E-state index is 13.9. The lowest BCUT2D eigenvalue weighted by Crippen LogP contribution is -2.08. The minimum Gasteiger partial charge on any atom is -0.465 e. The van der Waals surface area contributed by atoms with E-state index in [-0.39, 0.29) is 11.4 Å². The number of anilines is 1. The number of nitrogens with zero attached hydrogens (tertiary/aromatic N) is 1. The first kappa shape index (κ1) is 14.4. The molecule has 0 spiro atoms. The molecule has 0 aliphatic heterocycles. The van der Waals surface area contributed by atoms with Gasteiger partial charge in [-0.3, -0.25) is 0 Å². The van der Waals surface area contributed by atoms with Gasteiger partial charge in [0.25, 0.3) is 0 Å². The van der Waals surface area contributed by atoms with Gasteiger partial charge in [-0.25, -0.2) is 18.6 Å². The van der Waals surface area contributed by atoms with Crippen LogP contribution in [0.2, 0.25) is 0 Å². The van der Waals surface area contributed by atoms with E-state index in [0.29, 0.717) is 10.0 Å². The van der Waals surface area contributed by atoms with Crippen molar-refractivity contribution in [3.8, 4) is 11.1 Å². The molecule has 0 aliphatic carbocycles. The average Bonchev–Trinajstić information content (AvgIpc) is 2.40. The van der Waals surface area contributed by atoms with Gasteiger partial charge < -0.3 is 10.5 Å². The molecule has 2 aromatic rings. The number of pyridine rings is 1. The molecular weight excluding hydrogens is 334 g/mol. The van der Waals surface area contributed by atoms with Crippen LogP contribution < -0.4 is 5.73 Å². The van der Waals surface area contributed by atoms with Gasteiger partial charge in [-0.15, -0.1) is 0 Å². The molecule has 4 nitrogen and oxygen atoms in total. The lowest BCUT2D eigenvalue weighted by molar-refractivity contribution is 0.0590. The molecule has 0 amide bonds. The molecule has 2 rings (SSSR count). The number of nitrogens with two attached hydrogens (primary N) is 1. The van der Waals surface area contributed by atoms with Crippen LogP contribution in [0.5, 0.6) is 0 Å². The Bertz CT molecular complexity index is 669. The lowest BCUT2D eigenvalue weighted by Gasteiger charge is -2.09. The standard InChI is InChI=1S/C13H9BrF2N2O2/c1-20-13(19)11-9(15)2-6(3-10(11)16)8-4-7(14)5-18-12(8)17/h2-5H,1H3,(H2,17,18). The summed E-state index contributed by atoms with van der Waals surface area (Å²) in [4.78, 5) is 15.2. The summed E-state index contributed by atoms with van der Waals surface area (Å²) in [5, 5.41) is 0. The number of nitrogen functional groups attached to an aromatic ring is 1. The normalized spacial score (nSPS) is 10.4. The first-order valence-electron chi connectivity index (χ1n) is 5.42. The third-order valence-electron chi connectivity index (χ3n) is 2.63. The Kier molecular flexibility index (Phi) is 3.99. The highest BCUT2D eigenvalue weighted by atomic mass is 79.9. The van der Waals surface area contributed by atoms with Crippen LogP contribution in [0.3, 0.4) is 0 Å². The fourth-order valence-electron chi connectivity index (χ4n) is 1.71. The number of rotatable bonds is 2. The summed E-state index contributed by atoms with van der Waals surface area (Å²) >= 11 is 3.20. The predicted octanol–water partition coefficient (Wildman–Crippen LogP) is 3.16. The number of carbonyl (C=O) groups excluding carboxylic acids is 1. The van der Waals surface area contributed by atoms with E-state index in [0.717, 1.165) is 19.2 Å². The number of hydrogen-bond donors (Lipinski definition) is 1. The van der Waals surface area contributed by atoms with Crippen molar-refractivity contribution in [2.24, 2.45) is 0 Å². The van der Waals surface area contributed by atoms with Crippen LogP contribution in [0.25, 0.3) is 11.1 Å². The summed E-state index contributed by atoms with van der Waals surface area (Å²) in [5.74, 6) is -3.00. The van der Waals surface area contributed by atoms with Gasteiger partial charge >= 0.3 is 5.97 Å². The van der Waals surface area contributed by atoms with Crippen LogP contribution in [-0.4, -0.2) is 18.1 Å². The Morgan fingerprint density at radius 3 is 2.45 bits per heavy atom. The first-order valence-corrected chi connectivity index (χ1v) is 6.22. The third-order valence-corrected chi connectivity index (χ3v) is 3.06. The number of carbonyl (C=O) groups is 1. The van der Waals surface area contributed by atoms with Gasteiger partial charge in [0.2, 0.25) is 0 Å². The van der Waals surface area contributed by atoms with E-state index in [1.807, 2.05) is 0 Å². The van der Waals surface area contributed by atoms with Crippen molar-refractivity contribution in [3.05, 3.63) is 46.1 Å². The highest BCUT2D eigenvalue weighted by Gasteiger charge is 2.20. The molecule has 0 saturated heterocycles. The Labute approximate surface area is 121 Å². The van der Waals surface area contributed by atoms with E-state index >= 15 is 0 Å². The van der Waals surface area contributed by atoms with E-state index in [9.17, 15) is 13.6 Å². The van der Waals surface area contributed by atoms with Crippen LogP contribution in [-0.2, 0) is 4.74 Å². The molecule has 7 heteroatoms. The Morgan fingerprint density at radius 1 is 1.30 bits per heavy atom. The molecule has 0 bridgehead atoms. The van der Waals surface area contributed by atoms with Gasteiger partial charge in [0.05, 0.1) is 7.11 Å². The second-order valence-electron chi connectivity index (χ2n) is 3.89. The third kappa shape index (κ3) is 2.62. The topological polar surface area (TPSA) is 65.2 Å². The van der Waals surface area contributed by atoms with Crippen LogP contribution in [0, 0.1) is 11.6 Å². The van der Waals surface area contributed by atoms with E-state index in [2.05, 4.69) is 25.7 Å². The van der Waals surface area contributed by atoms with Crippen molar-refractivity contribution < 1.29 is 18.3 Å². The number of benzene rings is 1. The molecule has 0 unspecified atom stereocenters. The van der Waals surface area contributed by atoms with Crippen LogP contribution >= 0.6 is 15.9 Å². The quantitative estimate of drug-likeness (QED) is 0.851. The van der Waals surface area contributed by atoms with Gasteiger partial charge in [-0.2, -0.15) is 0 Å². The van der Waals surface area contributed by atoms with Crippen molar-refractivity contribution >= 4 is 27.7 Å². The highest BCUT2D eigenvalue weighted by molar-refractivity contribution is 9.10. The zero-order valence-electron chi connectivity index (χ0n) is 10.3. The molecule has 0 saturated carbocycles. The summed E-state index contributed by atoms with van der Waals surface area (Å²) in [6, 6.07) is 3.60. The number of esters is 1. The van der Waals surface area contributed by atoms with E-state index in [1.165, 1.54) is 6.20 Å². The van der Waals surface area contributed by atoms with E-state index in [4.69, 9.17) is 5.73 Å². The van der Waals surface area contributed by atoms with Crippen LogP contribution in [0.15, 0.2) is 28.9 Å². The van der Waals surface area contributed by atoms with Crippen molar-refractivity contribution in [2.75, 3.05) is 12.8 Å². The number of halogens is 3. The van der Waals surface area contributed by atoms with Crippen molar-refractivity contribution in [1.29, 1.82) is 0 Å². The second kappa shape index (κ2) is 5.54. The summed E-state index contributed by atoms with van der Waals surface area (Å²) in [5.41, 5.74) is 5.47. The number of hydrogen-bond acceptors (Lipinski definition) is 4. The number of aromatic nitrogens is 1. The average molecular weight is 343 g/mol. The van der Waals surface area contributed by atoms with Gasteiger partial charge in [0.15, 0.2) is 0 Å². The number of methoxy groups -OCH3 is 1. The summed E-state index contributed by atoms with van der Waals surface area (Å²) in [6.45, 7) is 0. The Morgan fingerprint density at radius 2 is 1.90 bits per heavy atom. The molecule has 0 atom stereocenters. The molecule has 0 radical (unpaired) electrons. The van der Waals surface area contributed by atoms with Gasteiger partial charge in [0, 0.05) is 16.2 Å². The van der Waals surface area contributed by atoms with Crippen LogP contribution in [0.4, 0.5) is 14.6 Å². The Balaban J connectivity index is 2.61. The van der Waals surface area contributed by atoms with Gasteiger partial charge in [0.1, 0.15) is 23.0 Å². The van der Waals surface area contributed by atoms with Gasteiger partial charge in [-0.1, -0.05) is 0 Å². The zero-order chi connectivity index (χ0) is 14.9. The molecule has 1 aromatic heterocycles. The largest absolute Gasteiger partial charge is 0.465 e. The smallest absolute Gasteiger partial charge is 0.343 e. The molecule has 2 N–H and O–H groups in total. The SMILES string of the molecule is COC(=O)c1c(F)cc(-c2cc(Br)cnc2N)cc1F. The zero-order valence-corrected chi connectivity index (χ0v) is 11.9. The lowest BCUT2D eigenvalue weighted by atomic mass is 10.0. The molecule has 1 aromatic carbocycles. The summed E-state index contributed by atoms with van der Waals surface area (Å²) < 4.78 is 32.6. The predicted molar refractivity (Wildman–Crippen MR) is 73.0 cm³/mol. The second-order valence-corrected chi connectivity index (χ2v) is 4.81. The van der Waals surface area contributed by atoms with Gasteiger partial charge in [-0.05, 0) is 39.7 Å². The Hall–Kier alpha value is -2.02. The molecule has 104 valence electrons. The minimum atomic E-state index is -1.08. The fraction of sp³-hybridized carbons (Fsp3) is 0.0769. The van der Waals surface area contributed by atoms with E-state index in [1.54, 1.807) is 6.07 Å². The van der Waals surface area contributed by atoms with Crippen LogP contribution in [0.1, 0.15) is 10.4 Å². The molecule has 1 heterocycles. The maximum atomic E-state index is 13.9. The molecule has 0 aliphatic rings. The van der Waals surface area contributed by atoms with Crippen molar-refractivity contribution in [2.45, 2.75) is 0 Å². The van der Waals surface area contributed by atoms with E-state index < -0.39 is 23.2 Å². The fourth-order valence-corrected chi connectivity index (χ4v) is 2.04. The molecule has 20 heavy (non-hydrogen) atoms. The molecular formula is C13H9BrF2N2O2. The highest BCUT2D eigenvalue weighted by Crippen LogP contribution is 2.30. The summed E-state index contributed by atoms with van der Waals surface area (Å²) in [7, 11) is 1.05. The first-order chi connectivity index (χ1) is 9.43. The number of ether oxygens (including phenoxy) is 1. The monoisotopic (exact) mass is 342 g/mol. The molecule has 0 fully saturated rings. The van der Waals surface area contributed by atoms with Crippen molar-refractivity contribution in [3.63, 3.8) is 0 Å². The van der Waals surface area contributed by atoms with Crippen molar-refractivity contribution in [1.82, 2.24) is 4.98 Å².